The van der Waals surface area contributed by atoms with E-state index < -0.39 is 6.04 Å². The van der Waals surface area contributed by atoms with Crippen molar-refractivity contribution in [2.75, 3.05) is 5.75 Å². The largest absolute Gasteiger partial charge is 0.352 e. The van der Waals surface area contributed by atoms with Gasteiger partial charge in [0.15, 0.2) is 0 Å². The molecule has 2 aromatic carbocycles. The zero-order valence-electron chi connectivity index (χ0n) is 17.8. The number of rotatable bonds is 10. The second-order valence-electron chi connectivity index (χ2n) is 7.24. The van der Waals surface area contributed by atoms with E-state index in [9.17, 15) is 9.59 Å². The Morgan fingerprint density at radius 3 is 2.23 bits per heavy atom. The van der Waals surface area contributed by atoms with Crippen LogP contribution in [0.4, 0.5) is 0 Å². The Kier molecular flexibility index (Phi) is 10.5. The van der Waals surface area contributed by atoms with Crippen molar-refractivity contribution < 1.29 is 9.59 Å². The van der Waals surface area contributed by atoms with E-state index in [-0.39, 0.29) is 30.2 Å². The number of hydrogen-bond donors (Lipinski definition) is 1. The third kappa shape index (κ3) is 7.90. The number of hydrogen-bond acceptors (Lipinski definition) is 3. The highest BCUT2D eigenvalue weighted by molar-refractivity contribution is 8.00. The van der Waals surface area contributed by atoms with Crippen LogP contribution in [0.3, 0.4) is 0 Å². The molecule has 8 heteroatoms. The Balaban J connectivity index is 2.24. The van der Waals surface area contributed by atoms with Crippen molar-refractivity contribution in [1.29, 1.82) is 0 Å². The molecule has 31 heavy (non-hydrogen) atoms. The van der Waals surface area contributed by atoms with Gasteiger partial charge in [0, 0.05) is 32.5 Å². The summed E-state index contributed by atoms with van der Waals surface area (Å²) in [4.78, 5) is 28.7. The standard InChI is InChI=1S/C23H27Cl3N2O2S/c1-4-15(3)27-23(30)21(5-2)28(13-16-6-7-18(25)12-20(16)26)22(29)14-31-19-10-8-17(24)9-11-19/h6-12,15,21H,4-5,13-14H2,1-3H3,(H,27,30)/t15-,21-/m1/s1. The monoisotopic (exact) mass is 500 g/mol. The molecule has 2 amide bonds. The highest BCUT2D eigenvalue weighted by atomic mass is 35.5. The second-order valence-corrected chi connectivity index (χ2v) is 9.57. The van der Waals surface area contributed by atoms with Gasteiger partial charge in [-0.15, -0.1) is 11.8 Å². The van der Waals surface area contributed by atoms with Crippen LogP contribution in [0.15, 0.2) is 47.4 Å². The number of thioether (sulfide) groups is 1. The van der Waals surface area contributed by atoms with E-state index in [1.54, 1.807) is 35.2 Å². The smallest absolute Gasteiger partial charge is 0.243 e. The van der Waals surface area contributed by atoms with Gasteiger partial charge >= 0.3 is 0 Å². The molecule has 0 unspecified atom stereocenters. The average Bonchev–Trinajstić information content (AvgIpc) is 2.74. The fourth-order valence-electron chi connectivity index (χ4n) is 2.95. The van der Waals surface area contributed by atoms with E-state index in [1.165, 1.54) is 11.8 Å². The van der Waals surface area contributed by atoms with Crippen LogP contribution in [0.25, 0.3) is 0 Å². The fraction of sp³-hybridized carbons (Fsp3) is 0.391. The van der Waals surface area contributed by atoms with Crippen molar-refractivity contribution in [3.05, 3.63) is 63.1 Å². The summed E-state index contributed by atoms with van der Waals surface area (Å²) >= 11 is 19.7. The minimum absolute atomic E-state index is 0.0288. The van der Waals surface area contributed by atoms with E-state index in [0.29, 0.717) is 21.5 Å². The first-order valence-corrected chi connectivity index (χ1v) is 12.3. The Labute approximate surface area is 203 Å². The molecule has 168 valence electrons. The zero-order valence-corrected chi connectivity index (χ0v) is 20.9. The lowest BCUT2D eigenvalue weighted by molar-refractivity contribution is -0.139. The maximum Gasteiger partial charge on any atom is 0.243 e. The molecular weight excluding hydrogens is 475 g/mol. The fourth-order valence-corrected chi connectivity index (χ4v) is 4.33. The van der Waals surface area contributed by atoms with Crippen LogP contribution in [-0.4, -0.2) is 34.6 Å². The first kappa shape index (κ1) is 25.9. The van der Waals surface area contributed by atoms with E-state index in [0.717, 1.165) is 16.9 Å². The van der Waals surface area contributed by atoms with Gasteiger partial charge in [0.25, 0.3) is 0 Å². The van der Waals surface area contributed by atoms with Crippen molar-refractivity contribution in [2.24, 2.45) is 0 Å². The van der Waals surface area contributed by atoms with Crippen molar-refractivity contribution in [2.45, 2.75) is 57.1 Å². The van der Waals surface area contributed by atoms with E-state index in [1.807, 2.05) is 32.9 Å². The van der Waals surface area contributed by atoms with Crippen molar-refractivity contribution in [3.8, 4) is 0 Å². The molecule has 1 N–H and O–H groups in total. The molecule has 0 heterocycles. The van der Waals surface area contributed by atoms with Crippen LogP contribution in [0.1, 0.15) is 39.2 Å². The molecular formula is C23H27Cl3N2O2S. The molecule has 0 aliphatic heterocycles. The second kappa shape index (κ2) is 12.6. The Morgan fingerprint density at radius 1 is 1.00 bits per heavy atom. The number of carbonyl (C=O) groups excluding carboxylic acids is 2. The SMILES string of the molecule is CC[C@@H](C)NC(=O)[C@@H](CC)N(Cc1ccc(Cl)cc1Cl)C(=O)CSc1ccc(Cl)cc1. The average molecular weight is 502 g/mol. The van der Waals surface area contributed by atoms with Crippen LogP contribution in [0, 0.1) is 0 Å². The normalized spacial score (nSPS) is 12.8. The van der Waals surface area contributed by atoms with Gasteiger partial charge < -0.3 is 10.2 Å². The van der Waals surface area contributed by atoms with E-state index in [4.69, 9.17) is 34.8 Å². The summed E-state index contributed by atoms with van der Waals surface area (Å²) in [6, 6.07) is 11.9. The summed E-state index contributed by atoms with van der Waals surface area (Å²) in [5.41, 5.74) is 0.741. The molecule has 0 saturated heterocycles. The van der Waals surface area contributed by atoms with Crippen LogP contribution in [0.2, 0.25) is 15.1 Å². The van der Waals surface area contributed by atoms with Gasteiger partial charge in [0.05, 0.1) is 5.75 Å². The Bertz CT molecular complexity index is 893. The number of benzene rings is 2. The van der Waals surface area contributed by atoms with Crippen molar-refractivity contribution in [3.63, 3.8) is 0 Å². The van der Waals surface area contributed by atoms with Gasteiger partial charge in [-0.2, -0.15) is 0 Å². The molecule has 2 aromatic rings. The molecule has 0 bridgehead atoms. The molecule has 2 rings (SSSR count). The first-order valence-electron chi connectivity index (χ1n) is 10.2. The lowest BCUT2D eigenvalue weighted by Gasteiger charge is -2.31. The highest BCUT2D eigenvalue weighted by Gasteiger charge is 2.29. The molecule has 0 radical (unpaired) electrons. The van der Waals surface area contributed by atoms with Gasteiger partial charge in [0.1, 0.15) is 6.04 Å². The molecule has 0 aromatic heterocycles. The van der Waals surface area contributed by atoms with Gasteiger partial charge in [-0.25, -0.2) is 0 Å². The van der Waals surface area contributed by atoms with Gasteiger partial charge in [-0.1, -0.05) is 54.7 Å². The maximum atomic E-state index is 13.3. The number of amides is 2. The summed E-state index contributed by atoms with van der Waals surface area (Å²) in [7, 11) is 0. The van der Waals surface area contributed by atoms with Gasteiger partial charge in [-0.3, -0.25) is 9.59 Å². The molecule has 0 saturated carbocycles. The molecule has 0 aliphatic rings. The van der Waals surface area contributed by atoms with Crippen molar-refractivity contribution in [1.82, 2.24) is 10.2 Å². The summed E-state index contributed by atoms with van der Waals surface area (Å²) in [6.45, 7) is 6.08. The number of halogens is 3. The zero-order chi connectivity index (χ0) is 23.0. The third-order valence-electron chi connectivity index (χ3n) is 4.92. The maximum absolute atomic E-state index is 13.3. The lowest BCUT2D eigenvalue weighted by Crippen LogP contribution is -2.51. The highest BCUT2D eigenvalue weighted by Crippen LogP contribution is 2.26. The number of nitrogens with zero attached hydrogens (tertiary/aromatic N) is 1. The topological polar surface area (TPSA) is 49.4 Å². The molecule has 2 atom stereocenters. The predicted molar refractivity (Wildman–Crippen MR) is 131 cm³/mol. The Hall–Kier alpha value is -1.40. The first-order chi connectivity index (χ1) is 14.7. The quantitative estimate of drug-likeness (QED) is 0.380. The van der Waals surface area contributed by atoms with Gasteiger partial charge in [0.2, 0.25) is 11.8 Å². The minimum atomic E-state index is -0.598. The lowest BCUT2D eigenvalue weighted by atomic mass is 10.1. The number of carbonyl (C=O) groups is 2. The summed E-state index contributed by atoms with van der Waals surface area (Å²) in [6.07, 6.45) is 1.30. The predicted octanol–water partition coefficient (Wildman–Crippen LogP) is 6.46. The third-order valence-corrected chi connectivity index (χ3v) is 6.75. The minimum Gasteiger partial charge on any atom is -0.352 e. The van der Waals surface area contributed by atoms with Gasteiger partial charge in [-0.05, 0) is 61.7 Å². The van der Waals surface area contributed by atoms with E-state index >= 15 is 0 Å². The van der Waals surface area contributed by atoms with Crippen LogP contribution in [-0.2, 0) is 16.1 Å². The summed E-state index contributed by atoms with van der Waals surface area (Å²) < 4.78 is 0. The molecule has 0 aliphatic carbocycles. The number of nitrogens with one attached hydrogen (secondary N) is 1. The van der Waals surface area contributed by atoms with Crippen LogP contribution < -0.4 is 5.32 Å². The van der Waals surface area contributed by atoms with Crippen molar-refractivity contribution >= 4 is 58.4 Å². The molecule has 0 fully saturated rings. The molecule has 4 nitrogen and oxygen atoms in total. The summed E-state index contributed by atoms with van der Waals surface area (Å²) in [5, 5.41) is 4.62. The molecule has 0 spiro atoms. The van der Waals surface area contributed by atoms with E-state index in [2.05, 4.69) is 5.32 Å². The van der Waals surface area contributed by atoms with Crippen LogP contribution >= 0.6 is 46.6 Å². The Morgan fingerprint density at radius 2 is 1.65 bits per heavy atom. The summed E-state index contributed by atoms with van der Waals surface area (Å²) in [5.74, 6) is -0.108. The van der Waals surface area contributed by atoms with Crippen LogP contribution in [0.5, 0.6) is 0 Å².